The number of halogens is 2. The van der Waals surface area contributed by atoms with Gasteiger partial charge < -0.3 is 4.98 Å². The Morgan fingerprint density at radius 3 is 2.79 bits per heavy atom. The number of aryl methyl sites for hydroxylation is 1. The summed E-state index contributed by atoms with van der Waals surface area (Å²) in [4.78, 5) is 14.3. The topological polar surface area (TPSA) is 32.9 Å². The molecule has 4 heteroatoms. The van der Waals surface area contributed by atoms with Crippen molar-refractivity contribution in [2.24, 2.45) is 0 Å². The zero-order chi connectivity index (χ0) is 10.3. The molecule has 0 aliphatic rings. The van der Waals surface area contributed by atoms with Crippen molar-refractivity contribution in [1.82, 2.24) is 4.98 Å². The van der Waals surface area contributed by atoms with E-state index < -0.39 is 5.82 Å². The van der Waals surface area contributed by atoms with Crippen molar-refractivity contribution < 1.29 is 4.39 Å². The van der Waals surface area contributed by atoms with Crippen LogP contribution < -0.4 is 5.43 Å². The van der Waals surface area contributed by atoms with E-state index in [9.17, 15) is 9.18 Å². The molecule has 0 unspecified atom stereocenters. The van der Waals surface area contributed by atoms with E-state index in [0.29, 0.717) is 15.6 Å². The Balaban J connectivity index is 3.02. The van der Waals surface area contributed by atoms with E-state index in [-0.39, 0.29) is 10.9 Å². The first-order valence-corrected chi connectivity index (χ1v) is 4.86. The molecule has 0 saturated carbocycles. The van der Waals surface area contributed by atoms with Gasteiger partial charge in [0.05, 0.1) is 5.52 Å². The average Bonchev–Trinajstić information content (AvgIpc) is 2.07. The van der Waals surface area contributed by atoms with Gasteiger partial charge in [-0.15, -0.1) is 0 Å². The molecule has 72 valence electrons. The van der Waals surface area contributed by atoms with Crippen molar-refractivity contribution in [2.45, 2.75) is 6.92 Å². The van der Waals surface area contributed by atoms with Gasteiger partial charge >= 0.3 is 0 Å². The van der Waals surface area contributed by atoms with Gasteiger partial charge in [0.2, 0.25) is 0 Å². The van der Waals surface area contributed by atoms with Gasteiger partial charge in [0, 0.05) is 21.6 Å². The Labute approximate surface area is 87.9 Å². The Bertz CT molecular complexity index is 562. The summed E-state index contributed by atoms with van der Waals surface area (Å²) in [5.74, 6) is -0.421. The average molecular weight is 256 g/mol. The summed E-state index contributed by atoms with van der Waals surface area (Å²) in [7, 11) is 0. The maximum absolute atomic E-state index is 13.4. The van der Waals surface area contributed by atoms with E-state index >= 15 is 0 Å². The molecule has 1 aromatic carbocycles. The highest BCUT2D eigenvalue weighted by Gasteiger charge is 2.06. The number of hydrogen-bond acceptors (Lipinski definition) is 1. The third-order valence-electron chi connectivity index (χ3n) is 1.99. The van der Waals surface area contributed by atoms with Gasteiger partial charge in [-0.25, -0.2) is 4.39 Å². The number of aromatic amines is 1. The minimum atomic E-state index is -0.421. The summed E-state index contributed by atoms with van der Waals surface area (Å²) < 4.78 is 14.0. The monoisotopic (exact) mass is 255 g/mol. The molecule has 0 amide bonds. The quantitative estimate of drug-likeness (QED) is 0.772. The second kappa shape index (κ2) is 3.20. The van der Waals surface area contributed by atoms with Crippen molar-refractivity contribution in [2.75, 3.05) is 0 Å². The van der Waals surface area contributed by atoms with Crippen LogP contribution in [0.5, 0.6) is 0 Å². The number of hydrogen-bond donors (Lipinski definition) is 1. The second-order valence-electron chi connectivity index (χ2n) is 3.13. The molecule has 1 N–H and O–H groups in total. The summed E-state index contributed by atoms with van der Waals surface area (Å²) in [6, 6.07) is 4.39. The first kappa shape index (κ1) is 9.40. The molecular formula is C10H7BrFNO. The van der Waals surface area contributed by atoms with Crippen molar-refractivity contribution in [1.29, 1.82) is 0 Å². The second-order valence-corrected chi connectivity index (χ2v) is 4.04. The van der Waals surface area contributed by atoms with Crippen LogP contribution in [0.1, 0.15) is 5.69 Å². The number of aromatic nitrogens is 1. The Hall–Kier alpha value is -1.16. The minimum Gasteiger partial charge on any atom is -0.356 e. The van der Waals surface area contributed by atoms with E-state index in [1.54, 1.807) is 13.0 Å². The zero-order valence-electron chi connectivity index (χ0n) is 7.40. The van der Waals surface area contributed by atoms with Gasteiger partial charge in [-0.05, 0) is 19.1 Å². The third-order valence-corrected chi connectivity index (χ3v) is 2.45. The summed E-state index contributed by atoms with van der Waals surface area (Å²) in [5.41, 5.74) is 0.748. The lowest BCUT2D eigenvalue weighted by Crippen LogP contribution is -2.04. The molecule has 0 bridgehead atoms. The number of nitrogens with one attached hydrogen (secondary N) is 1. The minimum absolute atomic E-state index is 0.170. The number of pyridine rings is 1. The highest BCUT2D eigenvalue weighted by molar-refractivity contribution is 9.10. The molecule has 0 aliphatic heterocycles. The Morgan fingerprint density at radius 1 is 1.36 bits per heavy atom. The fourth-order valence-electron chi connectivity index (χ4n) is 1.40. The van der Waals surface area contributed by atoms with Crippen molar-refractivity contribution in [3.63, 3.8) is 0 Å². The van der Waals surface area contributed by atoms with Gasteiger partial charge in [0.15, 0.2) is 5.43 Å². The van der Waals surface area contributed by atoms with Crippen molar-refractivity contribution >= 4 is 26.8 Å². The molecule has 0 aliphatic carbocycles. The lowest BCUT2D eigenvalue weighted by Gasteiger charge is -2.01. The Kier molecular flexibility index (Phi) is 2.15. The van der Waals surface area contributed by atoms with Crippen LogP contribution in [0.2, 0.25) is 0 Å². The van der Waals surface area contributed by atoms with E-state index in [1.807, 2.05) is 0 Å². The predicted octanol–water partition coefficient (Wildman–Crippen LogP) is 2.74. The maximum Gasteiger partial charge on any atom is 0.189 e. The largest absolute Gasteiger partial charge is 0.356 e. The Morgan fingerprint density at radius 2 is 2.07 bits per heavy atom. The van der Waals surface area contributed by atoms with Crippen LogP contribution in [0.15, 0.2) is 27.5 Å². The van der Waals surface area contributed by atoms with Crippen LogP contribution in [-0.2, 0) is 0 Å². The highest BCUT2D eigenvalue weighted by Crippen LogP contribution is 2.19. The van der Waals surface area contributed by atoms with Gasteiger partial charge in [-0.3, -0.25) is 4.79 Å². The van der Waals surface area contributed by atoms with Gasteiger partial charge in [-0.2, -0.15) is 0 Å². The van der Waals surface area contributed by atoms with Crippen LogP contribution in [-0.4, -0.2) is 4.98 Å². The molecule has 0 atom stereocenters. The molecule has 14 heavy (non-hydrogen) atoms. The van der Waals surface area contributed by atoms with E-state index in [2.05, 4.69) is 20.9 Å². The summed E-state index contributed by atoms with van der Waals surface area (Å²) >= 11 is 3.14. The molecule has 0 radical (unpaired) electrons. The van der Waals surface area contributed by atoms with Crippen LogP contribution in [0.25, 0.3) is 10.9 Å². The van der Waals surface area contributed by atoms with Crippen LogP contribution in [0.4, 0.5) is 4.39 Å². The van der Waals surface area contributed by atoms with E-state index in [4.69, 9.17) is 0 Å². The van der Waals surface area contributed by atoms with Crippen LogP contribution >= 0.6 is 15.9 Å². The fourth-order valence-corrected chi connectivity index (χ4v) is 1.83. The van der Waals surface area contributed by atoms with Gasteiger partial charge in [-0.1, -0.05) is 15.9 Å². The molecule has 0 saturated heterocycles. The number of benzene rings is 1. The maximum atomic E-state index is 13.4. The lowest BCUT2D eigenvalue weighted by molar-refractivity contribution is 0.635. The molecule has 2 rings (SSSR count). The molecule has 0 fully saturated rings. The predicted molar refractivity (Wildman–Crippen MR) is 57.0 cm³/mol. The normalized spacial score (nSPS) is 10.8. The number of rotatable bonds is 0. The molecule has 2 nitrogen and oxygen atoms in total. The summed E-state index contributed by atoms with van der Waals surface area (Å²) in [6.07, 6.45) is 0. The zero-order valence-corrected chi connectivity index (χ0v) is 8.98. The van der Waals surface area contributed by atoms with Gasteiger partial charge in [0.25, 0.3) is 0 Å². The highest BCUT2D eigenvalue weighted by atomic mass is 79.9. The van der Waals surface area contributed by atoms with Gasteiger partial charge in [0.1, 0.15) is 5.82 Å². The molecule has 2 aromatic rings. The molecular weight excluding hydrogens is 249 g/mol. The van der Waals surface area contributed by atoms with E-state index in [1.165, 1.54) is 12.1 Å². The standard InChI is InChI=1S/C10H7BrFNO/c1-5-2-9(14)7-3-6(11)4-8(12)10(7)13-5/h2-4H,1H3,(H,13,14). The lowest BCUT2D eigenvalue weighted by atomic mass is 10.2. The number of H-pyrrole nitrogens is 1. The first-order valence-electron chi connectivity index (χ1n) is 4.06. The van der Waals surface area contributed by atoms with Crippen molar-refractivity contribution in [3.8, 4) is 0 Å². The third kappa shape index (κ3) is 1.46. The number of fused-ring (bicyclic) bond motifs is 1. The van der Waals surface area contributed by atoms with Crippen LogP contribution in [0, 0.1) is 12.7 Å². The van der Waals surface area contributed by atoms with Crippen molar-refractivity contribution in [3.05, 3.63) is 44.4 Å². The summed E-state index contributed by atoms with van der Waals surface area (Å²) in [6.45, 7) is 1.72. The fraction of sp³-hybridized carbons (Fsp3) is 0.100. The molecule has 1 aromatic heterocycles. The molecule has 0 spiro atoms. The van der Waals surface area contributed by atoms with E-state index in [0.717, 1.165) is 0 Å². The SMILES string of the molecule is Cc1cc(=O)c2cc(Br)cc(F)c2[nH]1. The smallest absolute Gasteiger partial charge is 0.189 e. The summed E-state index contributed by atoms with van der Waals surface area (Å²) in [5, 5.41) is 0.363. The molecule has 1 heterocycles. The first-order chi connectivity index (χ1) is 6.58. The van der Waals surface area contributed by atoms with Crippen LogP contribution in [0.3, 0.4) is 0 Å².